The highest BCUT2D eigenvalue weighted by molar-refractivity contribution is 5.88. The SMILES string of the molecule is CC(=O)C1C2CC3C(OC(=O)C31)C2O. The molecule has 14 heavy (non-hydrogen) atoms. The van der Waals surface area contributed by atoms with Crippen LogP contribution in [0.15, 0.2) is 0 Å². The van der Waals surface area contributed by atoms with Crippen LogP contribution in [0.5, 0.6) is 0 Å². The van der Waals surface area contributed by atoms with Crippen LogP contribution in [0.3, 0.4) is 0 Å². The largest absolute Gasteiger partial charge is 0.459 e. The zero-order valence-electron chi connectivity index (χ0n) is 7.84. The highest BCUT2D eigenvalue weighted by Gasteiger charge is 2.67. The number of hydrogen-bond acceptors (Lipinski definition) is 4. The smallest absolute Gasteiger partial charge is 0.310 e. The molecule has 1 heterocycles. The number of carbonyl (C=O) groups is 2. The Balaban J connectivity index is 2.04. The number of aliphatic hydroxyl groups is 1. The van der Waals surface area contributed by atoms with E-state index in [0.29, 0.717) is 0 Å². The number of fused-ring (bicyclic) bond motifs is 1. The second-order valence-electron chi connectivity index (χ2n) is 4.62. The van der Waals surface area contributed by atoms with E-state index in [1.165, 1.54) is 6.92 Å². The molecule has 3 rings (SSSR count). The van der Waals surface area contributed by atoms with E-state index in [-0.39, 0.29) is 41.5 Å². The van der Waals surface area contributed by atoms with Crippen molar-refractivity contribution in [3.8, 4) is 0 Å². The lowest BCUT2D eigenvalue weighted by atomic mass is 9.77. The first kappa shape index (κ1) is 8.41. The van der Waals surface area contributed by atoms with Crippen LogP contribution >= 0.6 is 0 Å². The van der Waals surface area contributed by atoms with E-state index in [1.807, 2.05) is 0 Å². The van der Waals surface area contributed by atoms with Gasteiger partial charge in [-0.2, -0.15) is 0 Å². The fraction of sp³-hybridized carbons (Fsp3) is 0.800. The summed E-state index contributed by atoms with van der Waals surface area (Å²) >= 11 is 0. The van der Waals surface area contributed by atoms with Gasteiger partial charge in [-0.05, 0) is 19.3 Å². The molecule has 4 nitrogen and oxygen atoms in total. The van der Waals surface area contributed by atoms with Gasteiger partial charge in [0.15, 0.2) is 0 Å². The predicted molar refractivity (Wildman–Crippen MR) is 45.1 cm³/mol. The van der Waals surface area contributed by atoms with Gasteiger partial charge in [-0.3, -0.25) is 9.59 Å². The number of hydrogen-bond donors (Lipinski definition) is 1. The Bertz CT molecular complexity index is 324. The van der Waals surface area contributed by atoms with Crippen molar-refractivity contribution in [2.75, 3.05) is 0 Å². The lowest BCUT2D eigenvalue weighted by Gasteiger charge is -2.26. The summed E-state index contributed by atoms with van der Waals surface area (Å²) in [6.45, 7) is 1.50. The molecule has 4 heteroatoms. The molecule has 3 fully saturated rings. The molecular formula is C10H12O4. The van der Waals surface area contributed by atoms with Crippen LogP contribution in [0, 0.1) is 23.7 Å². The third kappa shape index (κ3) is 0.741. The van der Waals surface area contributed by atoms with Gasteiger partial charge in [0.05, 0.1) is 12.0 Å². The maximum Gasteiger partial charge on any atom is 0.310 e. The Hall–Kier alpha value is -0.900. The highest BCUT2D eigenvalue weighted by atomic mass is 16.6. The number of aliphatic hydroxyl groups excluding tert-OH is 1. The third-order valence-corrected chi connectivity index (χ3v) is 4.04. The number of carbonyl (C=O) groups excluding carboxylic acids is 2. The van der Waals surface area contributed by atoms with Crippen LogP contribution in [0.25, 0.3) is 0 Å². The molecule has 6 atom stereocenters. The molecule has 3 aliphatic rings. The van der Waals surface area contributed by atoms with Crippen LogP contribution in [-0.4, -0.2) is 29.1 Å². The average molecular weight is 196 g/mol. The van der Waals surface area contributed by atoms with Crippen molar-refractivity contribution < 1.29 is 19.4 Å². The van der Waals surface area contributed by atoms with E-state index in [4.69, 9.17) is 4.74 Å². The molecule has 1 N–H and O–H groups in total. The van der Waals surface area contributed by atoms with Crippen LogP contribution in [0.2, 0.25) is 0 Å². The normalized spacial score (nSPS) is 53.7. The van der Waals surface area contributed by atoms with Gasteiger partial charge in [-0.1, -0.05) is 0 Å². The molecule has 2 saturated carbocycles. The van der Waals surface area contributed by atoms with Gasteiger partial charge in [0.2, 0.25) is 0 Å². The quantitative estimate of drug-likeness (QED) is 0.587. The molecule has 0 radical (unpaired) electrons. The Kier molecular flexibility index (Phi) is 1.42. The average Bonchev–Trinajstić information content (AvgIpc) is 2.67. The minimum atomic E-state index is -0.614. The molecule has 0 aromatic carbocycles. The van der Waals surface area contributed by atoms with E-state index in [9.17, 15) is 14.7 Å². The van der Waals surface area contributed by atoms with E-state index < -0.39 is 6.10 Å². The molecule has 2 aliphatic carbocycles. The molecule has 1 aliphatic heterocycles. The van der Waals surface area contributed by atoms with Crippen molar-refractivity contribution in [1.29, 1.82) is 0 Å². The van der Waals surface area contributed by atoms with Gasteiger partial charge < -0.3 is 9.84 Å². The fourth-order valence-corrected chi connectivity index (χ4v) is 3.57. The summed E-state index contributed by atoms with van der Waals surface area (Å²) in [5, 5.41) is 9.81. The predicted octanol–water partition coefficient (Wildman–Crippen LogP) is -0.256. The minimum Gasteiger partial charge on any atom is -0.459 e. The minimum absolute atomic E-state index is 0.0128. The van der Waals surface area contributed by atoms with Crippen LogP contribution < -0.4 is 0 Å². The summed E-state index contributed by atoms with van der Waals surface area (Å²) in [4.78, 5) is 22.9. The summed E-state index contributed by atoms with van der Waals surface area (Å²) in [5.41, 5.74) is 0. The molecular weight excluding hydrogens is 184 g/mol. The van der Waals surface area contributed by atoms with Gasteiger partial charge in [0.1, 0.15) is 11.9 Å². The Morgan fingerprint density at radius 1 is 1.50 bits per heavy atom. The topological polar surface area (TPSA) is 63.6 Å². The molecule has 76 valence electrons. The van der Waals surface area contributed by atoms with Crippen molar-refractivity contribution in [3.63, 3.8) is 0 Å². The number of Topliss-reactive ketones (excluding diaryl/α,β-unsaturated/α-hetero) is 1. The Morgan fingerprint density at radius 2 is 2.21 bits per heavy atom. The zero-order valence-corrected chi connectivity index (χ0v) is 7.84. The summed E-state index contributed by atoms with van der Waals surface area (Å²) in [5.74, 6) is -0.763. The van der Waals surface area contributed by atoms with Gasteiger partial charge in [0, 0.05) is 11.8 Å². The van der Waals surface area contributed by atoms with Gasteiger partial charge in [-0.15, -0.1) is 0 Å². The second kappa shape index (κ2) is 2.37. The first-order valence-corrected chi connectivity index (χ1v) is 5.00. The van der Waals surface area contributed by atoms with Crippen molar-refractivity contribution in [2.45, 2.75) is 25.6 Å². The van der Waals surface area contributed by atoms with Crippen LogP contribution in [-0.2, 0) is 14.3 Å². The molecule has 1 saturated heterocycles. The van der Waals surface area contributed by atoms with Gasteiger partial charge in [0.25, 0.3) is 0 Å². The second-order valence-corrected chi connectivity index (χ2v) is 4.62. The standard InChI is InChI=1S/C10H12O4/c1-3(11)6-4-2-5-7(6)10(13)14-9(5)8(4)12/h4-9,12H,2H2,1H3. The van der Waals surface area contributed by atoms with Gasteiger partial charge in [-0.25, -0.2) is 0 Å². The van der Waals surface area contributed by atoms with E-state index in [1.54, 1.807) is 0 Å². The zero-order chi connectivity index (χ0) is 10.0. The maximum absolute atomic E-state index is 11.5. The number of ketones is 1. The fourth-order valence-electron chi connectivity index (χ4n) is 3.57. The van der Waals surface area contributed by atoms with Gasteiger partial charge >= 0.3 is 5.97 Å². The molecule has 0 spiro atoms. The van der Waals surface area contributed by atoms with Crippen LogP contribution in [0.1, 0.15) is 13.3 Å². The monoisotopic (exact) mass is 196 g/mol. The van der Waals surface area contributed by atoms with E-state index in [0.717, 1.165) is 6.42 Å². The number of esters is 1. The van der Waals surface area contributed by atoms with Crippen molar-refractivity contribution in [2.24, 2.45) is 23.7 Å². The van der Waals surface area contributed by atoms with E-state index >= 15 is 0 Å². The highest BCUT2D eigenvalue weighted by Crippen LogP contribution is 2.57. The molecule has 6 unspecified atom stereocenters. The lowest BCUT2D eigenvalue weighted by Crippen LogP contribution is -2.39. The molecule has 0 amide bonds. The first-order valence-electron chi connectivity index (χ1n) is 5.00. The van der Waals surface area contributed by atoms with Crippen molar-refractivity contribution >= 4 is 11.8 Å². The summed E-state index contributed by atoms with van der Waals surface area (Å²) in [7, 11) is 0. The van der Waals surface area contributed by atoms with Crippen LogP contribution in [0.4, 0.5) is 0 Å². The number of ether oxygens (including phenoxy) is 1. The third-order valence-electron chi connectivity index (χ3n) is 4.04. The molecule has 2 bridgehead atoms. The maximum atomic E-state index is 11.5. The lowest BCUT2D eigenvalue weighted by molar-refractivity contribution is -0.146. The molecule has 0 aromatic rings. The van der Waals surface area contributed by atoms with E-state index in [2.05, 4.69) is 0 Å². The Labute approximate surface area is 81.2 Å². The summed E-state index contributed by atoms with van der Waals surface area (Å²) in [6.07, 6.45) is -0.170. The Morgan fingerprint density at radius 3 is 2.86 bits per heavy atom. The summed E-state index contributed by atoms with van der Waals surface area (Å²) in [6, 6.07) is 0. The number of rotatable bonds is 1. The first-order chi connectivity index (χ1) is 6.61. The van der Waals surface area contributed by atoms with Crippen molar-refractivity contribution in [1.82, 2.24) is 0 Å². The van der Waals surface area contributed by atoms with Crippen molar-refractivity contribution in [3.05, 3.63) is 0 Å². The summed E-state index contributed by atoms with van der Waals surface area (Å²) < 4.78 is 5.09. The molecule has 0 aromatic heterocycles.